The molecule has 0 aromatic rings. The summed E-state index contributed by atoms with van der Waals surface area (Å²) in [7, 11) is 0. The van der Waals surface area contributed by atoms with Crippen LogP contribution in [0.1, 0.15) is 46.5 Å². The van der Waals surface area contributed by atoms with E-state index in [2.05, 4.69) is 6.92 Å². The van der Waals surface area contributed by atoms with Gasteiger partial charge in [0.1, 0.15) is 12.2 Å². The number of rotatable bonds is 2. The Morgan fingerprint density at radius 1 is 1.33 bits per heavy atom. The predicted octanol–water partition coefficient (Wildman–Crippen LogP) is 1.80. The van der Waals surface area contributed by atoms with Crippen molar-refractivity contribution in [2.45, 2.75) is 58.2 Å². The first-order chi connectivity index (χ1) is 12.6. The third-order valence-electron chi connectivity index (χ3n) is 8.65. The van der Waals surface area contributed by atoms with Gasteiger partial charge in [-0.2, -0.15) is 0 Å². The molecule has 0 radical (unpaired) electrons. The smallest absolute Gasteiger partial charge is 0.190 e. The Balaban J connectivity index is 1.78. The Hall–Kier alpha value is -1.30. The third kappa shape index (κ3) is 2.22. The number of aliphatic hydroxyl groups is 3. The van der Waals surface area contributed by atoms with Gasteiger partial charge in [0.2, 0.25) is 0 Å². The van der Waals surface area contributed by atoms with Crippen LogP contribution in [0, 0.1) is 34.5 Å². The van der Waals surface area contributed by atoms with Gasteiger partial charge in [0.25, 0.3) is 0 Å². The normalized spacial score (nSPS) is 51.3. The molecule has 5 nitrogen and oxygen atoms in total. The predicted molar refractivity (Wildman–Crippen MR) is 99.6 cm³/mol. The van der Waals surface area contributed by atoms with Gasteiger partial charge in [0.05, 0.1) is 6.10 Å². The summed E-state index contributed by atoms with van der Waals surface area (Å²) in [4.78, 5) is 24.4. The summed E-state index contributed by atoms with van der Waals surface area (Å²) in [5.41, 5.74) is -1.62. The van der Waals surface area contributed by atoms with Gasteiger partial charge in [-0.25, -0.2) is 0 Å². The fourth-order valence-electron chi connectivity index (χ4n) is 7.37. The van der Waals surface area contributed by atoms with Crippen LogP contribution in [0.3, 0.4) is 0 Å². The van der Waals surface area contributed by atoms with Crippen molar-refractivity contribution >= 4 is 11.6 Å². The summed E-state index contributed by atoms with van der Waals surface area (Å²) < 4.78 is 0. The van der Waals surface area contributed by atoms with E-state index in [-0.39, 0.29) is 34.9 Å². The number of hydrogen-bond donors (Lipinski definition) is 3. The van der Waals surface area contributed by atoms with Crippen LogP contribution in [-0.4, -0.2) is 45.2 Å². The van der Waals surface area contributed by atoms with E-state index in [1.807, 2.05) is 19.9 Å². The minimum Gasteiger partial charge on any atom is -0.393 e. The van der Waals surface area contributed by atoms with E-state index >= 15 is 0 Å². The summed E-state index contributed by atoms with van der Waals surface area (Å²) in [6.45, 7) is 5.23. The molecule has 5 heteroatoms. The van der Waals surface area contributed by atoms with Crippen LogP contribution in [0.5, 0.6) is 0 Å². The molecule has 4 aliphatic rings. The summed E-state index contributed by atoms with van der Waals surface area (Å²) in [6, 6.07) is 0. The molecule has 0 bridgehead atoms. The molecule has 0 spiro atoms. The Morgan fingerprint density at radius 2 is 2.04 bits per heavy atom. The van der Waals surface area contributed by atoms with Crippen LogP contribution in [0.25, 0.3) is 0 Å². The number of Topliss-reactive ketones (excluding diaryl/α,β-unsaturated/α-hetero) is 1. The molecule has 27 heavy (non-hydrogen) atoms. The molecule has 4 aliphatic carbocycles. The highest BCUT2D eigenvalue weighted by Gasteiger charge is 2.70. The van der Waals surface area contributed by atoms with E-state index in [0.29, 0.717) is 12.8 Å². The largest absolute Gasteiger partial charge is 0.393 e. The van der Waals surface area contributed by atoms with Gasteiger partial charge in [-0.1, -0.05) is 32.4 Å². The van der Waals surface area contributed by atoms with Gasteiger partial charge in [0, 0.05) is 16.7 Å². The van der Waals surface area contributed by atoms with Crippen molar-refractivity contribution in [3.63, 3.8) is 0 Å². The van der Waals surface area contributed by atoms with Crippen LogP contribution in [0.4, 0.5) is 0 Å². The van der Waals surface area contributed by atoms with Crippen molar-refractivity contribution in [2.24, 2.45) is 34.5 Å². The quantitative estimate of drug-likeness (QED) is 0.685. The van der Waals surface area contributed by atoms with Crippen molar-refractivity contribution in [3.8, 4) is 0 Å². The zero-order valence-corrected chi connectivity index (χ0v) is 16.3. The summed E-state index contributed by atoms with van der Waals surface area (Å²) >= 11 is 0. The van der Waals surface area contributed by atoms with Gasteiger partial charge in [-0.05, 0) is 55.6 Å². The maximum absolute atomic E-state index is 12.6. The lowest BCUT2D eigenvalue weighted by Crippen LogP contribution is -2.62. The van der Waals surface area contributed by atoms with E-state index in [0.717, 1.165) is 18.4 Å². The molecule has 148 valence electrons. The van der Waals surface area contributed by atoms with Gasteiger partial charge in [-0.15, -0.1) is 0 Å². The van der Waals surface area contributed by atoms with Crippen molar-refractivity contribution < 1.29 is 24.9 Å². The fraction of sp³-hybridized carbons (Fsp3) is 0.727. The molecule has 0 aromatic heterocycles. The summed E-state index contributed by atoms with van der Waals surface area (Å²) in [5, 5.41) is 32.1. The van der Waals surface area contributed by atoms with Gasteiger partial charge >= 0.3 is 0 Å². The molecular formula is C22H30O5. The van der Waals surface area contributed by atoms with Gasteiger partial charge < -0.3 is 15.3 Å². The molecule has 3 saturated carbocycles. The van der Waals surface area contributed by atoms with Crippen molar-refractivity contribution in [2.75, 3.05) is 6.61 Å². The Morgan fingerprint density at radius 3 is 2.70 bits per heavy atom. The maximum atomic E-state index is 12.6. The summed E-state index contributed by atoms with van der Waals surface area (Å²) in [5.74, 6) is -0.539. The van der Waals surface area contributed by atoms with E-state index < -0.39 is 29.5 Å². The zero-order chi connectivity index (χ0) is 19.8. The van der Waals surface area contributed by atoms with Crippen molar-refractivity contribution in [3.05, 3.63) is 23.8 Å². The van der Waals surface area contributed by atoms with Gasteiger partial charge in [-0.3, -0.25) is 9.59 Å². The average molecular weight is 374 g/mol. The molecular weight excluding hydrogens is 344 g/mol. The van der Waals surface area contributed by atoms with Crippen LogP contribution in [0.2, 0.25) is 0 Å². The second-order valence-corrected chi connectivity index (χ2v) is 9.70. The zero-order valence-electron chi connectivity index (χ0n) is 16.3. The molecule has 4 rings (SSSR count). The molecule has 3 N–H and O–H groups in total. The lowest BCUT2D eigenvalue weighted by atomic mass is 9.46. The number of carbonyl (C=O) groups excluding carboxylic acids is 2. The van der Waals surface area contributed by atoms with Crippen molar-refractivity contribution in [1.82, 2.24) is 0 Å². The van der Waals surface area contributed by atoms with E-state index in [4.69, 9.17) is 0 Å². The minimum atomic E-state index is -1.60. The Kier molecular flexibility index (Phi) is 4.12. The number of hydrogen-bond acceptors (Lipinski definition) is 5. The molecule has 8 atom stereocenters. The first kappa shape index (κ1) is 19.0. The highest BCUT2D eigenvalue weighted by atomic mass is 16.3. The minimum absolute atomic E-state index is 0.00784. The highest BCUT2D eigenvalue weighted by molar-refractivity contribution is 6.01. The molecule has 0 aliphatic heterocycles. The fourth-order valence-corrected chi connectivity index (χ4v) is 7.37. The Bertz CT molecular complexity index is 754. The van der Waals surface area contributed by atoms with Crippen LogP contribution in [0.15, 0.2) is 23.8 Å². The van der Waals surface area contributed by atoms with Gasteiger partial charge in [0.15, 0.2) is 11.6 Å². The molecule has 0 aromatic carbocycles. The summed E-state index contributed by atoms with van der Waals surface area (Å²) in [6.07, 6.45) is 7.30. The van der Waals surface area contributed by atoms with Crippen molar-refractivity contribution in [1.29, 1.82) is 0 Å². The lowest BCUT2D eigenvalue weighted by Gasteiger charge is -2.59. The maximum Gasteiger partial charge on any atom is 0.190 e. The number of ketones is 2. The molecule has 3 fully saturated rings. The van der Waals surface area contributed by atoms with E-state index in [1.54, 1.807) is 12.2 Å². The molecule has 0 heterocycles. The number of fused-ring (bicyclic) bond motifs is 5. The molecule has 0 amide bonds. The molecule has 0 saturated heterocycles. The number of aliphatic hydroxyl groups excluding tert-OH is 2. The Labute approximate surface area is 160 Å². The number of carbonyl (C=O) groups is 2. The SMILES string of the molecule is C[C@@H]1CC2C3CCC4=CC(=O)C=C[C@]4(C)C3C(O)C[C@]2(C)[C@@]1(O)C(=O)CO. The van der Waals surface area contributed by atoms with E-state index in [9.17, 15) is 24.9 Å². The van der Waals surface area contributed by atoms with Crippen LogP contribution >= 0.6 is 0 Å². The van der Waals surface area contributed by atoms with Crippen LogP contribution in [-0.2, 0) is 9.59 Å². The second-order valence-electron chi connectivity index (χ2n) is 9.70. The first-order valence-electron chi connectivity index (χ1n) is 10.1. The third-order valence-corrected chi connectivity index (χ3v) is 8.65. The first-order valence-corrected chi connectivity index (χ1v) is 10.1. The monoisotopic (exact) mass is 374 g/mol. The topological polar surface area (TPSA) is 94.8 Å². The second kappa shape index (κ2) is 5.85. The van der Waals surface area contributed by atoms with Crippen LogP contribution < -0.4 is 0 Å². The lowest BCUT2D eigenvalue weighted by molar-refractivity contribution is -0.183. The number of allylic oxidation sites excluding steroid dienone is 4. The standard InChI is InChI=1S/C22H30O5/c1-12-8-16-15-5-4-13-9-14(24)6-7-20(13,2)19(15)17(25)10-21(16,3)22(12,27)18(26)11-23/h6-7,9,12,15-17,19,23,25,27H,4-5,8,10-11H2,1-3H3/t12-,15?,16?,17?,19?,20+,21+,22+/m1/s1. The van der Waals surface area contributed by atoms with E-state index in [1.165, 1.54) is 0 Å². The highest BCUT2D eigenvalue weighted by Crippen LogP contribution is 2.68. The average Bonchev–Trinajstić information content (AvgIpc) is 2.82. The molecule has 4 unspecified atom stereocenters.